The Hall–Kier alpha value is -4.13. The van der Waals surface area contributed by atoms with Gasteiger partial charge in [0.2, 0.25) is 0 Å². The molecule has 7 heteroatoms. The van der Waals surface area contributed by atoms with Crippen LogP contribution in [0.25, 0.3) is 11.3 Å². The van der Waals surface area contributed by atoms with Gasteiger partial charge in [0, 0.05) is 17.7 Å². The van der Waals surface area contributed by atoms with Crippen LogP contribution in [0.15, 0.2) is 108 Å². The molecule has 0 amide bonds. The van der Waals surface area contributed by atoms with Crippen molar-refractivity contribution in [2.75, 3.05) is 14.1 Å². The Morgan fingerprint density at radius 1 is 0.700 bits per heavy atom. The number of aryl methyl sites for hydroxylation is 4. The second-order valence-corrected chi connectivity index (χ2v) is 9.66. The maximum atomic E-state index is 9.67. The first-order valence-electron chi connectivity index (χ1n) is 12.7. The van der Waals surface area contributed by atoms with Gasteiger partial charge in [-0.15, -0.1) is 0 Å². The summed E-state index contributed by atoms with van der Waals surface area (Å²) in [6.07, 6.45) is 21.0. The smallest absolute Gasteiger partial charge is 0.762 e. The molecule has 40 heavy (non-hydrogen) atoms. The second kappa shape index (κ2) is 14.9. The van der Waals surface area contributed by atoms with E-state index in [1.807, 2.05) is 12.2 Å². The Morgan fingerprint density at radius 3 is 1.77 bits per heavy atom. The van der Waals surface area contributed by atoms with Crippen molar-refractivity contribution >= 4 is 24.6 Å². The predicted molar refractivity (Wildman–Crippen MR) is 159 cm³/mol. The molecule has 0 aromatic heterocycles. The summed E-state index contributed by atoms with van der Waals surface area (Å²) in [5, 5.41) is 0. The molecular weight excluding hydrogens is 513 g/mol. The summed E-state index contributed by atoms with van der Waals surface area (Å²) in [6.45, 7) is 8.58. The van der Waals surface area contributed by atoms with Gasteiger partial charge in [-0.1, -0.05) is 48.6 Å². The van der Waals surface area contributed by atoms with Crippen LogP contribution < -0.4 is 4.70 Å². The molecule has 0 radical (unpaired) electrons. The van der Waals surface area contributed by atoms with E-state index in [4.69, 9.17) is 4.74 Å². The van der Waals surface area contributed by atoms with Gasteiger partial charge < -0.3 is 9.44 Å². The summed E-state index contributed by atoms with van der Waals surface area (Å²) in [5.74, 6) is 1.69. The quantitative estimate of drug-likeness (QED) is 0.281. The SMILES string of the molecule is Cc1ccc(C2=CC(=CC=CC=C3C=CC(=[N+](C)C)C=C3)OC(c3ccc(C)c(C)c3)=C2)cc1C.FB(F)F.[F-]. The van der Waals surface area contributed by atoms with E-state index in [1.165, 1.54) is 33.5 Å². The van der Waals surface area contributed by atoms with E-state index in [9.17, 15) is 12.9 Å². The number of rotatable bonds is 4. The third-order valence-electron chi connectivity index (χ3n) is 6.51. The lowest BCUT2D eigenvalue weighted by molar-refractivity contribution is -0.462. The van der Waals surface area contributed by atoms with Crippen molar-refractivity contribution in [1.82, 2.24) is 0 Å². The van der Waals surface area contributed by atoms with E-state index in [2.05, 4.69) is 131 Å². The zero-order chi connectivity index (χ0) is 28.5. The van der Waals surface area contributed by atoms with E-state index in [0.717, 1.165) is 28.2 Å². The molecule has 1 heterocycles. The largest absolute Gasteiger partial charge is 1.00 e. The van der Waals surface area contributed by atoms with Crippen LogP contribution in [-0.4, -0.2) is 31.9 Å². The average molecular weight is 547 g/mol. The molecule has 208 valence electrons. The number of allylic oxidation sites excluding steroid dienone is 12. The molecule has 0 saturated carbocycles. The van der Waals surface area contributed by atoms with E-state index >= 15 is 0 Å². The maximum absolute atomic E-state index is 9.67. The van der Waals surface area contributed by atoms with Crippen molar-refractivity contribution in [3.8, 4) is 0 Å². The van der Waals surface area contributed by atoms with Gasteiger partial charge >= 0.3 is 7.54 Å². The second-order valence-electron chi connectivity index (χ2n) is 9.66. The molecule has 1 aliphatic carbocycles. The predicted octanol–water partition coefficient (Wildman–Crippen LogP) is 5.46. The Bertz CT molecular complexity index is 1450. The maximum Gasteiger partial charge on any atom is 0.762 e. The van der Waals surface area contributed by atoms with Crippen LogP contribution in [0.5, 0.6) is 0 Å². The molecule has 0 fully saturated rings. The normalized spacial score (nSPS) is 15.1. The summed E-state index contributed by atoms with van der Waals surface area (Å²) in [5.41, 5.74) is 10.9. The highest BCUT2D eigenvalue weighted by Crippen LogP contribution is 2.33. The van der Waals surface area contributed by atoms with E-state index in [-0.39, 0.29) is 4.70 Å². The molecule has 0 unspecified atom stereocenters. The first-order valence-corrected chi connectivity index (χ1v) is 12.7. The van der Waals surface area contributed by atoms with Gasteiger partial charge in [-0.3, -0.25) is 12.9 Å². The number of halogens is 4. The van der Waals surface area contributed by atoms with E-state index < -0.39 is 7.54 Å². The number of ether oxygens (including phenoxy) is 1. The summed E-state index contributed by atoms with van der Waals surface area (Å²) >= 11 is 0. The van der Waals surface area contributed by atoms with E-state index in [0.29, 0.717) is 0 Å². The minimum atomic E-state index is -3.67. The van der Waals surface area contributed by atoms with Crippen LogP contribution in [0.3, 0.4) is 0 Å². The van der Waals surface area contributed by atoms with Crippen LogP contribution in [0, 0.1) is 27.7 Å². The highest BCUT2D eigenvalue weighted by molar-refractivity contribution is 6.33. The Labute approximate surface area is 235 Å². The molecule has 2 aromatic carbocycles. The van der Waals surface area contributed by atoms with Crippen LogP contribution in [0.2, 0.25) is 0 Å². The van der Waals surface area contributed by atoms with Gasteiger partial charge in [-0.2, -0.15) is 0 Å². The molecule has 2 aliphatic rings. The van der Waals surface area contributed by atoms with Crippen LogP contribution >= 0.6 is 0 Å². The van der Waals surface area contributed by atoms with Gasteiger partial charge in [-0.05, 0) is 103 Å². The summed E-state index contributed by atoms with van der Waals surface area (Å²) in [4.78, 5) is 0. The monoisotopic (exact) mass is 547 g/mol. The first kappa shape index (κ1) is 32.1. The fourth-order valence-corrected chi connectivity index (χ4v) is 3.93. The minimum Gasteiger partial charge on any atom is -1.00 e. The third-order valence-corrected chi connectivity index (χ3v) is 6.51. The molecule has 0 saturated heterocycles. The number of hydrogen-bond donors (Lipinski definition) is 0. The van der Waals surface area contributed by atoms with Crippen LogP contribution in [0.1, 0.15) is 33.4 Å². The zero-order valence-electron chi connectivity index (χ0n) is 23.7. The Morgan fingerprint density at radius 2 is 1.23 bits per heavy atom. The fourth-order valence-electron chi connectivity index (χ4n) is 3.93. The van der Waals surface area contributed by atoms with Gasteiger partial charge in [0.1, 0.15) is 25.6 Å². The van der Waals surface area contributed by atoms with Crippen LogP contribution in [-0.2, 0) is 4.74 Å². The molecular formula is C33H34BF4NO. The Balaban J connectivity index is 0.00000105. The summed E-state index contributed by atoms with van der Waals surface area (Å²) in [7, 11) is 0.435. The van der Waals surface area contributed by atoms with Gasteiger partial charge in [0.05, 0.1) is 0 Å². The van der Waals surface area contributed by atoms with Gasteiger partial charge in [0.15, 0.2) is 5.71 Å². The fraction of sp³-hybridized carbons (Fsp3) is 0.182. The van der Waals surface area contributed by atoms with Crippen molar-refractivity contribution in [2.24, 2.45) is 0 Å². The van der Waals surface area contributed by atoms with Crippen molar-refractivity contribution in [2.45, 2.75) is 27.7 Å². The number of benzene rings is 2. The highest BCUT2D eigenvalue weighted by atomic mass is 19.4. The highest BCUT2D eigenvalue weighted by Gasteiger charge is 2.15. The van der Waals surface area contributed by atoms with Crippen molar-refractivity contribution in [3.63, 3.8) is 0 Å². The number of hydrogen-bond acceptors (Lipinski definition) is 1. The minimum absolute atomic E-state index is 0. The van der Waals surface area contributed by atoms with Gasteiger partial charge in [0.25, 0.3) is 0 Å². The molecule has 2 nitrogen and oxygen atoms in total. The van der Waals surface area contributed by atoms with Crippen molar-refractivity contribution in [3.05, 3.63) is 142 Å². The molecule has 1 aliphatic heterocycles. The average Bonchev–Trinajstić information content (AvgIpc) is 2.89. The molecule has 0 spiro atoms. The standard InChI is InChI=1S/C33H34NO.BF3.FH/c1-23-11-15-28(19-25(23)3)30-21-32(35-33(22-30)29-16-12-24(2)26(4)20-29)10-8-7-9-27-13-17-31(18-14-27)34(5)6;2-1(3)4;/h7-22H,1-6H3;;1H/q+1;;/p-1. The molecule has 4 rings (SSSR count). The number of nitrogens with zero attached hydrogens (tertiary/aromatic N) is 1. The zero-order valence-corrected chi connectivity index (χ0v) is 23.7. The Kier molecular flexibility index (Phi) is 11.9. The lowest BCUT2D eigenvalue weighted by Crippen LogP contribution is -3.00. The molecule has 0 N–H and O–H groups in total. The third kappa shape index (κ3) is 9.26. The van der Waals surface area contributed by atoms with Crippen LogP contribution in [0.4, 0.5) is 12.9 Å². The van der Waals surface area contributed by atoms with E-state index in [1.54, 1.807) is 0 Å². The lowest BCUT2D eigenvalue weighted by Gasteiger charge is -2.19. The van der Waals surface area contributed by atoms with Gasteiger partial charge in [-0.25, -0.2) is 4.58 Å². The lowest BCUT2D eigenvalue weighted by atomic mass is 9.96. The molecule has 2 aromatic rings. The van der Waals surface area contributed by atoms with Crippen molar-refractivity contribution < 1.29 is 27.0 Å². The first-order chi connectivity index (χ1) is 18.5. The summed E-state index contributed by atoms with van der Waals surface area (Å²) in [6, 6.07) is 13.1. The van der Waals surface area contributed by atoms with Crippen molar-refractivity contribution in [1.29, 1.82) is 0 Å². The topological polar surface area (TPSA) is 12.2 Å². The summed E-state index contributed by atoms with van der Waals surface area (Å²) < 4.78 is 37.4. The molecule has 0 bridgehead atoms. The molecule has 0 atom stereocenters.